The second-order valence-electron chi connectivity index (χ2n) is 17.7. The van der Waals surface area contributed by atoms with Crippen LogP contribution in [0.15, 0.2) is 60.7 Å². The maximum atomic E-state index is 15.0. The molecule has 1 saturated heterocycles. The van der Waals surface area contributed by atoms with Crippen molar-refractivity contribution in [3.05, 3.63) is 66.5 Å². The highest BCUT2D eigenvalue weighted by Gasteiger charge is 2.63. The van der Waals surface area contributed by atoms with Crippen molar-refractivity contribution in [2.45, 2.75) is 113 Å². The molecular weight excluding hydrogens is 851 g/mol. The third kappa shape index (κ3) is 9.15. The lowest BCUT2D eigenvalue weighted by molar-refractivity contribution is -0.184. The van der Waals surface area contributed by atoms with Gasteiger partial charge in [0, 0.05) is 23.3 Å². The number of methoxy groups -OCH3 is 1. The summed E-state index contributed by atoms with van der Waals surface area (Å²) in [5.74, 6) is -4.73. The summed E-state index contributed by atoms with van der Waals surface area (Å²) in [6.07, 6.45) is -3.13. The summed E-state index contributed by atoms with van der Waals surface area (Å²) in [5.41, 5.74) is -0.868. The zero-order chi connectivity index (χ0) is 45.8. The molecule has 3 aromatic rings. The van der Waals surface area contributed by atoms with Gasteiger partial charge in [-0.1, -0.05) is 26.0 Å². The number of carbonyl (C=O) groups is 4. The Balaban J connectivity index is 1.31. The van der Waals surface area contributed by atoms with Gasteiger partial charge >= 0.3 is 12.3 Å². The van der Waals surface area contributed by atoms with E-state index in [0.29, 0.717) is 60.4 Å². The van der Waals surface area contributed by atoms with E-state index >= 15 is 4.79 Å². The summed E-state index contributed by atoms with van der Waals surface area (Å²) in [7, 11) is -2.67. The number of amides is 4. The minimum atomic E-state index is -5.07. The van der Waals surface area contributed by atoms with Crippen molar-refractivity contribution in [1.29, 1.82) is 0 Å². The lowest BCUT2D eigenvalue weighted by Gasteiger charge is -2.40. The van der Waals surface area contributed by atoms with Crippen LogP contribution >= 0.6 is 0 Å². The van der Waals surface area contributed by atoms with Crippen LogP contribution < -0.4 is 19.5 Å². The highest BCUT2D eigenvalue weighted by Crippen LogP contribution is 2.48. The van der Waals surface area contributed by atoms with Crippen LogP contribution in [-0.2, 0) is 24.4 Å². The number of benzene rings is 2. The van der Waals surface area contributed by atoms with E-state index in [4.69, 9.17) is 14.5 Å². The standard InChI is InChI=1S/C44H51F4N5O9S/c1-24-8-6-7-9-29-22-43(29,40(56)51-63(59,60)42(4)16-17-42)50-37(54)35-21-32(23-52(35)39(55)36(25(2)18-24)53(41(57)58)26(3)44(46,47)48)62-38-33-15-14-31(61-5)19-28(33)20-34(49-38)27-10-12-30(45)13-11-27/h7,9-15,19-20,24-26,29,32,35-36H,6,8,16-18,21-23H2,1-5H3,(H,50,54)(H,51,56)(H,57,58)/t24-,25-,26-,29-,32-,35+,36+,43-/m1/s1. The molecule has 0 unspecified atom stereocenters. The largest absolute Gasteiger partial charge is 0.497 e. The van der Waals surface area contributed by atoms with Gasteiger partial charge in [-0.25, -0.2) is 22.6 Å². The van der Waals surface area contributed by atoms with Crippen molar-refractivity contribution >= 4 is 44.6 Å². The second kappa shape index (κ2) is 16.9. The molecule has 2 aliphatic heterocycles. The summed E-state index contributed by atoms with van der Waals surface area (Å²) in [6, 6.07) is 6.27. The Labute approximate surface area is 362 Å². The van der Waals surface area contributed by atoms with Crippen molar-refractivity contribution in [3.63, 3.8) is 0 Å². The molecule has 19 heteroatoms. The zero-order valence-electron chi connectivity index (χ0n) is 35.4. The van der Waals surface area contributed by atoms with Crippen molar-refractivity contribution in [1.82, 2.24) is 24.8 Å². The Bertz CT molecular complexity index is 2430. The van der Waals surface area contributed by atoms with Crippen molar-refractivity contribution in [3.8, 4) is 22.9 Å². The normalized spacial score (nSPS) is 27.8. The number of allylic oxidation sites excluding steroid dienone is 1. The van der Waals surface area contributed by atoms with Crippen LogP contribution in [0.2, 0.25) is 0 Å². The molecule has 2 saturated carbocycles. The van der Waals surface area contributed by atoms with Crippen molar-refractivity contribution in [2.24, 2.45) is 17.8 Å². The number of rotatable bonds is 9. The molecule has 7 rings (SSSR count). The molecule has 2 aromatic carbocycles. The van der Waals surface area contributed by atoms with Crippen LogP contribution in [0, 0.1) is 23.6 Å². The van der Waals surface area contributed by atoms with Gasteiger partial charge in [0.15, 0.2) is 0 Å². The number of halogens is 4. The number of alkyl halides is 3. The molecule has 2 aliphatic carbocycles. The fraction of sp³-hybridized carbons (Fsp3) is 0.523. The van der Waals surface area contributed by atoms with Crippen molar-refractivity contribution in [2.75, 3.05) is 13.7 Å². The van der Waals surface area contributed by atoms with E-state index in [1.165, 1.54) is 45.2 Å². The summed E-state index contributed by atoms with van der Waals surface area (Å²) < 4.78 is 96.8. The summed E-state index contributed by atoms with van der Waals surface area (Å²) in [6.45, 7) is 5.08. The third-order valence-corrected chi connectivity index (χ3v) is 15.2. The Kier molecular flexibility index (Phi) is 12.2. The van der Waals surface area contributed by atoms with Gasteiger partial charge in [-0.05, 0) is 118 Å². The average molecular weight is 902 g/mol. The Morgan fingerprint density at radius 2 is 1.78 bits per heavy atom. The molecule has 1 aromatic heterocycles. The minimum absolute atomic E-state index is 0.0224. The molecule has 340 valence electrons. The first-order valence-electron chi connectivity index (χ1n) is 20.9. The van der Waals surface area contributed by atoms with E-state index in [0.717, 1.165) is 4.90 Å². The molecule has 8 atom stereocenters. The first kappa shape index (κ1) is 45.6. The predicted octanol–water partition coefficient (Wildman–Crippen LogP) is 6.58. The van der Waals surface area contributed by atoms with Gasteiger partial charge in [0.1, 0.15) is 41.3 Å². The number of ether oxygens (including phenoxy) is 2. The van der Waals surface area contributed by atoms with Gasteiger partial charge in [0.2, 0.25) is 27.7 Å². The number of fused-ring (bicyclic) bond motifs is 3. The van der Waals surface area contributed by atoms with Crippen LogP contribution in [0.25, 0.3) is 22.0 Å². The monoisotopic (exact) mass is 901 g/mol. The number of hydrogen-bond donors (Lipinski definition) is 3. The van der Waals surface area contributed by atoms with Gasteiger partial charge < -0.3 is 24.8 Å². The fourth-order valence-electron chi connectivity index (χ4n) is 8.80. The van der Waals surface area contributed by atoms with E-state index in [2.05, 4.69) is 10.0 Å². The van der Waals surface area contributed by atoms with Crippen LogP contribution in [0.4, 0.5) is 22.4 Å². The van der Waals surface area contributed by atoms with Gasteiger partial charge in [0.25, 0.3) is 5.91 Å². The number of carbonyl (C=O) groups excluding carboxylic acids is 3. The predicted molar refractivity (Wildman–Crippen MR) is 222 cm³/mol. The van der Waals surface area contributed by atoms with E-state index in [-0.39, 0.29) is 36.0 Å². The maximum absolute atomic E-state index is 15.0. The average Bonchev–Trinajstić information content (AvgIpc) is 4.10. The Morgan fingerprint density at radius 1 is 1.08 bits per heavy atom. The van der Waals surface area contributed by atoms with Gasteiger partial charge in [-0.15, -0.1) is 0 Å². The van der Waals surface area contributed by atoms with E-state index in [1.807, 2.05) is 6.92 Å². The molecule has 3 N–H and O–H groups in total. The first-order valence-corrected chi connectivity index (χ1v) is 22.4. The number of carboxylic acid groups (broad SMARTS) is 1. The molecule has 0 radical (unpaired) electrons. The SMILES string of the molecule is COc1ccc2c(O[C@@H]3C[C@H]4C(=O)N[C@]5(C(=O)NS(=O)(=O)C6(C)CC6)C[C@H]5C=CCC[C@@H](C)C[C@@H](C)[C@H](N(C(=O)O)[C@H](C)C(F)(F)F)C(=O)N4C3)nc(-c3ccc(F)cc3)cc2c1. The highest BCUT2D eigenvalue weighted by molar-refractivity contribution is 7.91. The summed E-state index contributed by atoms with van der Waals surface area (Å²) in [5, 5.41) is 14.2. The number of sulfonamides is 1. The second-order valence-corrected chi connectivity index (χ2v) is 19.9. The molecular formula is C44H51F4N5O9S. The zero-order valence-corrected chi connectivity index (χ0v) is 36.3. The molecule has 3 fully saturated rings. The summed E-state index contributed by atoms with van der Waals surface area (Å²) in [4.78, 5) is 62.4. The molecule has 14 nitrogen and oxygen atoms in total. The van der Waals surface area contributed by atoms with Crippen LogP contribution in [0.5, 0.6) is 11.6 Å². The Morgan fingerprint density at radius 3 is 2.41 bits per heavy atom. The molecule has 3 heterocycles. The van der Waals surface area contributed by atoms with E-state index in [1.54, 1.807) is 36.4 Å². The van der Waals surface area contributed by atoms with E-state index < -0.39 is 98.7 Å². The third-order valence-electron chi connectivity index (χ3n) is 13.0. The van der Waals surface area contributed by atoms with Gasteiger partial charge in [-0.2, -0.15) is 13.2 Å². The molecule has 4 amide bonds. The van der Waals surface area contributed by atoms with E-state index in [9.17, 15) is 45.5 Å². The minimum Gasteiger partial charge on any atom is -0.497 e. The maximum Gasteiger partial charge on any atom is 0.408 e. The number of aromatic nitrogens is 1. The summed E-state index contributed by atoms with van der Waals surface area (Å²) >= 11 is 0. The number of hydrogen-bond acceptors (Lipinski definition) is 9. The fourth-order valence-corrected chi connectivity index (χ4v) is 10.1. The number of nitrogens with one attached hydrogen (secondary N) is 2. The topological polar surface area (TPSA) is 185 Å². The van der Waals surface area contributed by atoms with Crippen molar-refractivity contribution < 1.29 is 59.7 Å². The first-order chi connectivity index (χ1) is 29.6. The van der Waals surface area contributed by atoms with Gasteiger partial charge in [0.05, 0.1) is 24.1 Å². The lowest BCUT2D eigenvalue weighted by atomic mass is 9.86. The van der Waals surface area contributed by atoms with Crippen LogP contribution in [0.1, 0.15) is 72.6 Å². The number of nitrogens with zero attached hydrogens (tertiary/aromatic N) is 3. The van der Waals surface area contributed by atoms with Gasteiger partial charge in [-0.3, -0.25) is 24.0 Å². The highest BCUT2D eigenvalue weighted by atomic mass is 32.2. The van der Waals surface area contributed by atoms with Crippen LogP contribution in [0.3, 0.4) is 0 Å². The quantitative estimate of drug-likeness (QED) is 0.157. The molecule has 4 aliphatic rings. The van der Waals surface area contributed by atoms with Crippen LogP contribution in [-0.4, -0.2) is 106 Å². The molecule has 0 bridgehead atoms. The molecule has 63 heavy (non-hydrogen) atoms. The Hall–Kier alpha value is -5.46. The lowest BCUT2D eigenvalue weighted by Crippen LogP contribution is -2.62. The molecule has 0 spiro atoms. The smallest absolute Gasteiger partial charge is 0.408 e. The number of pyridine rings is 1.